The SMILES string of the molecule is Cn1ncc(Br)c1C(=O)N1CCN(C(=O)OCc2ccccc2)CC1. The molecule has 2 heterocycles. The number of hydrogen-bond acceptors (Lipinski definition) is 4. The molecule has 1 fully saturated rings. The number of piperazine rings is 1. The van der Waals surface area contributed by atoms with Gasteiger partial charge >= 0.3 is 6.09 Å². The molecule has 0 unspecified atom stereocenters. The monoisotopic (exact) mass is 406 g/mol. The van der Waals surface area contributed by atoms with Crippen molar-refractivity contribution < 1.29 is 14.3 Å². The summed E-state index contributed by atoms with van der Waals surface area (Å²) in [5.41, 5.74) is 1.46. The highest BCUT2D eigenvalue weighted by atomic mass is 79.9. The number of ether oxygens (including phenoxy) is 1. The predicted octanol–water partition coefficient (Wildman–Crippen LogP) is 2.28. The van der Waals surface area contributed by atoms with Gasteiger partial charge in [0.2, 0.25) is 0 Å². The van der Waals surface area contributed by atoms with Crippen LogP contribution in [-0.2, 0) is 18.4 Å². The number of benzene rings is 1. The number of nitrogens with zero attached hydrogens (tertiary/aromatic N) is 4. The van der Waals surface area contributed by atoms with E-state index in [9.17, 15) is 9.59 Å². The van der Waals surface area contributed by atoms with Crippen molar-refractivity contribution in [2.75, 3.05) is 26.2 Å². The van der Waals surface area contributed by atoms with Gasteiger partial charge in [0.15, 0.2) is 0 Å². The molecule has 1 saturated heterocycles. The second-order valence-corrected chi connectivity index (χ2v) is 6.64. The highest BCUT2D eigenvalue weighted by molar-refractivity contribution is 9.10. The van der Waals surface area contributed by atoms with Crippen LogP contribution in [0, 0.1) is 0 Å². The number of aromatic nitrogens is 2. The summed E-state index contributed by atoms with van der Waals surface area (Å²) in [6, 6.07) is 9.56. The standard InChI is InChI=1S/C17H19BrN4O3/c1-20-15(14(18)11-19-20)16(23)21-7-9-22(10-8-21)17(24)25-12-13-5-3-2-4-6-13/h2-6,11H,7-10,12H2,1H3. The van der Waals surface area contributed by atoms with Gasteiger partial charge in [-0.15, -0.1) is 0 Å². The molecule has 7 nitrogen and oxygen atoms in total. The number of carbonyl (C=O) groups excluding carboxylic acids is 2. The lowest BCUT2D eigenvalue weighted by molar-refractivity contribution is 0.0535. The third-order valence-corrected chi connectivity index (χ3v) is 4.71. The van der Waals surface area contributed by atoms with Crippen molar-refractivity contribution in [1.82, 2.24) is 19.6 Å². The minimum absolute atomic E-state index is 0.0934. The molecule has 0 atom stereocenters. The molecule has 8 heteroatoms. The molecule has 1 aromatic heterocycles. The fraction of sp³-hybridized carbons (Fsp3) is 0.353. The van der Waals surface area contributed by atoms with Crippen LogP contribution in [0.25, 0.3) is 0 Å². The van der Waals surface area contributed by atoms with Crippen LogP contribution >= 0.6 is 15.9 Å². The van der Waals surface area contributed by atoms with Crippen LogP contribution in [0.15, 0.2) is 41.0 Å². The molecule has 0 aliphatic carbocycles. The van der Waals surface area contributed by atoms with Crippen molar-refractivity contribution in [2.45, 2.75) is 6.61 Å². The first-order valence-electron chi connectivity index (χ1n) is 7.98. The van der Waals surface area contributed by atoms with Crippen molar-refractivity contribution in [1.29, 1.82) is 0 Å². The molecule has 132 valence electrons. The maximum atomic E-state index is 12.6. The Labute approximate surface area is 154 Å². The van der Waals surface area contributed by atoms with Gasteiger partial charge in [0.25, 0.3) is 5.91 Å². The molecule has 1 aliphatic heterocycles. The van der Waals surface area contributed by atoms with Crippen LogP contribution < -0.4 is 0 Å². The number of aryl methyl sites for hydroxylation is 1. The summed E-state index contributed by atoms with van der Waals surface area (Å²) in [4.78, 5) is 28.1. The van der Waals surface area contributed by atoms with E-state index in [4.69, 9.17) is 4.74 Å². The normalized spacial score (nSPS) is 14.5. The van der Waals surface area contributed by atoms with E-state index in [2.05, 4.69) is 21.0 Å². The van der Waals surface area contributed by atoms with Crippen molar-refractivity contribution in [3.63, 3.8) is 0 Å². The van der Waals surface area contributed by atoms with E-state index >= 15 is 0 Å². The van der Waals surface area contributed by atoms with Crippen LogP contribution in [-0.4, -0.2) is 57.8 Å². The molecule has 2 amide bonds. The van der Waals surface area contributed by atoms with E-state index in [-0.39, 0.29) is 18.6 Å². The number of carbonyl (C=O) groups is 2. The molecule has 2 aromatic rings. The van der Waals surface area contributed by atoms with Crippen LogP contribution in [0.4, 0.5) is 4.79 Å². The molecular weight excluding hydrogens is 388 g/mol. The summed E-state index contributed by atoms with van der Waals surface area (Å²) in [7, 11) is 1.73. The van der Waals surface area contributed by atoms with Gasteiger partial charge in [-0.3, -0.25) is 9.48 Å². The van der Waals surface area contributed by atoms with Gasteiger partial charge in [-0.05, 0) is 21.5 Å². The summed E-state index contributed by atoms with van der Waals surface area (Å²) < 4.78 is 7.56. The van der Waals surface area contributed by atoms with Crippen LogP contribution in [0.3, 0.4) is 0 Å². The number of rotatable bonds is 3. The molecule has 0 spiro atoms. The lowest BCUT2D eigenvalue weighted by atomic mass is 10.2. The Bertz CT molecular complexity index is 735. The highest BCUT2D eigenvalue weighted by Gasteiger charge is 2.28. The maximum Gasteiger partial charge on any atom is 0.410 e. The molecule has 3 rings (SSSR count). The van der Waals surface area contributed by atoms with E-state index in [0.29, 0.717) is 36.3 Å². The summed E-state index contributed by atoms with van der Waals surface area (Å²) >= 11 is 3.35. The van der Waals surface area contributed by atoms with Crippen molar-refractivity contribution in [3.8, 4) is 0 Å². The Kier molecular flexibility index (Phi) is 5.37. The van der Waals surface area contributed by atoms with Crippen LogP contribution in [0.2, 0.25) is 0 Å². The van der Waals surface area contributed by atoms with Gasteiger partial charge in [-0.25, -0.2) is 4.79 Å². The first-order valence-corrected chi connectivity index (χ1v) is 8.78. The summed E-state index contributed by atoms with van der Waals surface area (Å²) in [5, 5.41) is 4.07. The van der Waals surface area contributed by atoms with Crippen LogP contribution in [0.1, 0.15) is 16.1 Å². The minimum Gasteiger partial charge on any atom is -0.445 e. The summed E-state index contributed by atoms with van der Waals surface area (Å²) in [5.74, 6) is -0.0934. The number of amides is 2. The first-order chi connectivity index (χ1) is 12.1. The zero-order chi connectivity index (χ0) is 17.8. The van der Waals surface area contributed by atoms with E-state index in [1.54, 1.807) is 27.7 Å². The molecule has 0 saturated carbocycles. The van der Waals surface area contributed by atoms with Crippen LogP contribution in [0.5, 0.6) is 0 Å². The van der Waals surface area contributed by atoms with Gasteiger partial charge in [0, 0.05) is 33.2 Å². The quantitative estimate of drug-likeness (QED) is 0.783. The average molecular weight is 407 g/mol. The third-order valence-electron chi connectivity index (χ3n) is 4.13. The van der Waals surface area contributed by atoms with Gasteiger partial charge in [-0.2, -0.15) is 5.10 Å². The minimum atomic E-state index is -0.349. The van der Waals surface area contributed by atoms with E-state index < -0.39 is 0 Å². The third kappa shape index (κ3) is 4.01. The van der Waals surface area contributed by atoms with E-state index in [1.165, 1.54) is 0 Å². The highest BCUT2D eigenvalue weighted by Crippen LogP contribution is 2.18. The predicted molar refractivity (Wildman–Crippen MR) is 95.0 cm³/mol. The first kappa shape index (κ1) is 17.5. The molecule has 0 bridgehead atoms. The van der Waals surface area contributed by atoms with Crippen molar-refractivity contribution in [2.24, 2.45) is 7.05 Å². The number of halogens is 1. The Morgan fingerprint density at radius 3 is 2.36 bits per heavy atom. The lowest BCUT2D eigenvalue weighted by Crippen LogP contribution is -2.51. The van der Waals surface area contributed by atoms with Crippen molar-refractivity contribution in [3.05, 3.63) is 52.3 Å². The Morgan fingerprint density at radius 2 is 1.76 bits per heavy atom. The Hall–Kier alpha value is -2.35. The lowest BCUT2D eigenvalue weighted by Gasteiger charge is -2.34. The molecular formula is C17H19BrN4O3. The second kappa shape index (κ2) is 7.69. The molecule has 0 N–H and O–H groups in total. The summed E-state index contributed by atoms with van der Waals surface area (Å²) in [6.07, 6.45) is 1.25. The largest absolute Gasteiger partial charge is 0.445 e. The van der Waals surface area contributed by atoms with Gasteiger partial charge in [-0.1, -0.05) is 30.3 Å². The number of hydrogen-bond donors (Lipinski definition) is 0. The van der Waals surface area contributed by atoms with Gasteiger partial charge < -0.3 is 14.5 Å². The summed E-state index contributed by atoms with van der Waals surface area (Å²) in [6.45, 7) is 2.10. The van der Waals surface area contributed by atoms with E-state index in [1.807, 2.05) is 30.3 Å². The van der Waals surface area contributed by atoms with Crippen molar-refractivity contribution >= 4 is 27.9 Å². The Balaban J connectivity index is 1.51. The van der Waals surface area contributed by atoms with Gasteiger partial charge in [0.1, 0.15) is 12.3 Å². The van der Waals surface area contributed by atoms with Gasteiger partial charge in [0.05, 0.1) is 10.7 Å². The second-order valence-electron chi connectivity index (χ2n) is 5.78. The van der Waals surface area contributed by atoms with E-state index in [0.717, 1.165) is 5.56 Å². The smallest absolute Gasteiger partial charge is 0.410 e. The molecule has 1 aromatic carbocycles. The zero-order valence-electron chi connectivity index (χ0n) is 13.9. The Morgan fingerprint density at radius 1 is 1.12 bits per heavy atom. The molecule has 1 aliphatic rings. The fourth-order valence-electron chi connectivity index (χ4n) is 2.70. The zero-order valence-corrected chi connectivity index (χ0v) is 15.5. The average Bonchev–Trinajstić information content (AvgIpc) is 2.98. The molecule has 25 heavy (non-hydrogen) atoms. The molecule has 0 radical (unpaired) electrons. The topological polar surface area (TPSA) is 67.7 Å². The fourth-order valence-corrected chi connectivity index (χ4v) is 3.22. The maximum absolute atomic E-state index is 12.6.